The van der Waals surface area contributed by atoms with Gasteiger partial charge in [0.05, 0.1) is 12.2 Å². The molecule has 1 aliphatic heterocycles. The minimum Gasteiger partial charge on any atom is -0.377 e. The maximum Gasteiger partial charge on any atom is 0.0714 e. The topological polar surface area (TPSA) is 36.3 Å². The van der Waals surface area contributed by atoms with Gasteiger partial charge in [0.25, 0.3) is 0 Å². The average Bonchev–Trinajstić information content (AvgIpc) is 2.90. The largest absolute Gasteiger partial charge is 0.377 e. The Labute approximate surface area is 115 Å². The summed E-state index contributed by atoms with van der Waals surface area (Å²) in [5, 5.41) is 8.57. The van der Waals surface area contributed by atoms with E-state index in [0.717, 1.165) is 45.5 Å². The normalized spacial score (nSPS) is 19.4. The first-order chi connectivity index (χ1) is 9.38. The van der Waals surface area contributed by atoms with Crippen molar-refractivity contribution in [2.24, 2.45) is 0 Å². The molecule has 2 rings (SSSR count). The summed E-state index contributed by atoms with van der Waals surface area (Å²) < 4.78 is 5.91. The highest BCUT2D eigenvalue weighted by Gasteiger charge is 2.22. The van der Waals surface area contributed by atoms with Crippen LogP contribution in [-0.2, 0) is 11.2 Å². The molecule has 102 valence electrons. The molecule has 0 bridgehead atoms. The van der Waals surface area contributed by atoms with Crippen LogP contribution in [0.2, 0.25) is 0 Å². The second-order valence-electron chi connectivity index (χ2n) is 5.08. The molecule has 1 aliphatic rings. The van der Waals surface area contributed by atoms with Crippen molar-refractivity contribution in [2.45, 2.75) is 31.8 Å². The molecule has 1 aromatic carbocycles. The van der Waals surface area contributed by atoms with E-state index in [0.29, 0.717) is 12.5 Å². The fourth-order valence-corrected chi connectivity index (χ4v) is 2.52. The van der Waals surface area contributed by atoms with Crippen molar-refractivity contribution in [1.29, 1.82) is 5.26 Å². The van der Waals surface area contributed by atoms with Crippen LogP contribution in [0, 0.1) is 11.3 Å². The molecular weight excluding hydrogens is 236 g/mol. The number of benzene rings is 1. The Kier molecular flexibility index (Phi) is 5.87. The Bertz CT molecular complexity index is 399. The molecule has 0 radical (unpaired) electrons. The highest BCUT2D eigenvalue weighted by Crippen LogP contribution is 2.13. The number of hydrogen-bond donors (Lipinski definition) is 0. The van der Waals surface area contributed by atoms with Crippen LogP contribution in [0.3, 0.4) is 0 Å². The molecule has 0 aliphatic carbocycles. The van der Waals surface area contributed by atoms with E-state index in [1.807, 2.05) is 6.07 Å². The van der Waals surface area contributed by atoms with Gasteiger partial charge in [0.1, 0.15) is 0 Å². The van der Waals surface area contributed by atoms with Gasteiger partial charge >= 0.3 is 0 Å². The number of likely N-dealkylation sites (tertiary alicyclic amines) is 1. The zero-order chi connectivity index (χ0) is 13.3. The van der Waals surface area contributed by atoms with E-state index in [1.165, 1.54) is 5.56 Å². The van der Waals surface area contributed by atoms with Gasteiger partial charge in [0, 0.05) is 32.7 Å². The Balaban J connectivity index is 1.56. The summed E-state index contributed by atoms with van der Waals surface area (Å²) in [4.78, 5) is 2.32. The van der Waals surface area contributed by atoms with Crippen LogP contribution in [0.4, 0.5) is 0 Å². The average molecular weight is 258 g/mol. The van der Waals surface area contributed by atoms with Crippen molar-refractivity contribution in [2.75, 3.05) is 26.2 Å². The predicted octanol–water partition coefficient (Wildman–Crippen LogP) is 2.62. The zero-order valence-corrected chi connectivity index (χ0v) is 11.4. The Morgan fingerprint density at radius 1 is 1.32 bits per heavy atom. The van der Waals surface area contributed by atoms with E-state index in [9.17, 15) is 0 Å². The maximum atomic E-state index is 8.57. The molecule has 1 heterocycles. The molecule has 1 atom stereocenters. The molecule has 0 spiro atoms. The SMILES string of the molecule is N#CCCN1CCC(OCCCc2ccccc2)C1. The van der Waals surface area contributed by atoms with Crippen molar-refractivity contribution in [3.8, 4) is 6.07 Å². The third-order valence-corrected chi connectivity index (χ3v) is 3.58. The van der Waals surface area contributed by atoms with Gasteiger partial charge in [-0.15, -0.1) is 0 Å². The van der Waals surface area contributed by atoms with Crippen molar-refractivity contribution < 1.29 is 4.74 Å². The number of aryl methyl sites for hydroxylation is 1. The Hall–Kier alpha value is -1.37. The van der Waals surface area contributed by atoms with Gasteiger partial charge in [-0.3, -0.25) is 4.90 Å². The molecule has 1 unspecified atom stereocenters. The minimum absolute atomic E-state index is 0.370. The lowest BCUT2D eigenvalue weighted by Crippen LogP contribution is -2.24. The third-order valence-electron chi connectivity index (χ3n) is 3.58. The minimum atomic E-state index is 0.370. The van der Waals surface area contributed by atoms with Crippen LogP contribution < -0.4 is 0 Å². The third kappa shape index (κ3) is 5.02. The summed E-state index contributed by atoms with van der Waals surface area (Å²) in [5.41, 5.74) is 1.38. The first kappa shape index (κ1) is 14.0. The fourth-order valence-electron chi connectivity index (χ4n) is 2.52. The molecule has 0 aromatic heterocycles. The summed E-state index contributed by atoms with van der Waals surface area (Å²) >= 11 is 0. The van der Waals surface area contributed by atoms with E-state index in [-0.39, 0.29) is 0 Å². The number of ether oxygens (including phenoxy) is 1. The smallest absolute Gasteiger partial charge is 0.0714 e. The molecule has 1 fully saturated rings. The number of nitriles is 1. The van der Waals surface area contributed by atoms with E-state index in [4.69, 9.17) is 10.00 Å². The van der Waals surface area contributed by atoms with E-state index in [1.54, 1.807) is 0 Å². The molecule has 19 heavy (non-hydrogen) atoms. The van der Waals surface area contributed by atoms with Crippen LogP contribution in [-0.4, -0.2) is 37.2 Å². The molecule has 3 heteroatoms. The molecule has 0 saturated carbocycles. The quantitative estimate of drug-likeness (QED) is 0.705. The lowest BCUT2D eigenvalue weighted by atomic mass is 10.1. The lowest BCUT2D eigenvalue weighted by molar-refractivity contribution is 0.0578. The summed E-state index contributed by atoms with van der Waals surface area (Å²) in [6.07, 6.45) is 4.27. The Morgan fingerprint density at radius 2 is 2.16 bits per heavy atom. The van der Waals surface area contributed by atoms with Gasteiger partial charge in [-0.05, 0) is 24.8 Å². The highest BCUT2D eigenvalue weighted by atomic mass is 16.5. The maximum absolute atomic E-state index is 8.57. The van der Waals surface area contributed by atoms with E-state index >= 15 is 0 Å². The lowest BCUT2D eigenvalue weighted by Gasteiger charge is -2.14. The monoisotopic (exact) mass is 258 g/mol. The first-order valence-corrected chi connectivity index (χ1v) is 7.13. The van der Waals surface area contributed by atoms with Gasteiger partial charge in [0.2, 0.25) is 0 Å². The number of hydrogen-bond acceptors (Lipinski definition) is 3. The summed E-state index contributed by atoms with van der Waals surface area (Å²) in [6, 6.07) is 12.7. The van der Waals surface area contributed by atoms with Gasteiger partial charge < -0.3 is 4.74 Å². The van der Waals surface area contributed by atoms with Crippen molar-refractivity contribution in [1.82, 2.24) is 4.90 Å². The van der Waals surface area contributed by atoms with E-state index < -0.39 is 0 Å². The summed E-state index contributed by atoms with van der Waals surface area (Å²) in [6.45, 7) is 3.80. The zero-order valence-electron chi connectivity index (χ0n) is 11.4. The predicted molar refractivity (Wildman–Crippen MR) is 75.8 cm³/mol. The van der Waals surface area contributed by atoms with Crippen LogP contribution in [0.1, 0.15) is 24.8 Å². The van der Waals surface area contributed by atoms with Gasteiger partial charge in [0.15, 0.2) is 0 Å². The first-order valence-electron chi connectivity index (χ1n) is 7.13. The summed E-state index contributed by atoms with van der Waals surface area (Å²) in [7, 11) is 0. The highest BCUT2D eigenvalue weighted by molar-refractivity contribution is 5.14. The van der Waals surface area contributed by atoms with Crippen LogP contribution in [0.5, 0.6) is 0 Å². The molecule has 0 N–H and O–H groups in total. The van der Waals surface area contributed by atoms with E-state index in [2.05, 4.69) is 35.2 Å². The molecule has 1 saturated heterocycles. The second kappa shape index (κ2) is 7.93. The van der Waals surface area contributed by atoms with Crippen LogP contribution in [0.25, 0.3) is 0 Å². The van der Waals surface area contributed by atoms with Gasteiger partial charge in [-0.2, -0.15) is 5.26 Å². The fraction of sp³-hybridized carbons (Fsp3) is 0.562. The van der Waals surface area contributed by atoms with Crippen LogP contribution in [0.15, 0.2) is 30.3 Å². The number of nitrogens with zero attached hydrogens (tertiary/aromatic N) is 2. The number of rotatable bonds is 7. The van der Waals surface area contributed by atoms with Crippen molar-refractivity contribution >= 4 is 0 Å². The standard InChI is InChI=1S/C16H22N2O/c17-10-5-11-18-12-9-16(14-18)19-13-4-8-15-6-2-1-3-7-15/h1-3,6-7,16H,4-5,8-9,11-14H2. The Morgan fingerprint density at radius 3 is 2.95 bits per heavy atom. The van der Waals surface area contributed by atoms with Crippen LogP contribution >= 0.6 is 0 Å². The van der Waals surface area contributed by atoms with Crippen molar-refractivity contribution in [3.05, 3.63) is 35.9 Å². The van der Waals surface area contributed by atoms with Crippen molar-refractivity contribution in [3.63, 3.8) is 0 Å². The molecule has 0 amide bonds. The molecular formula is C16H22N2O. The molecule has 1 aromatic rings. The molecule has 3 nitrogen and oxygen atoms in total. The second-order valence-corrected chi connectivity index (χ2v) is 5.08. The van der Waals surface area contributed by atoms with Gasteiger partial charge in [-0.1, -0.05) is 30.3 Å². The summed E-state index contributed by atoms with van der Waals surface area (Å²) in [5.74, 6) is 0. The van der Waals surface area contributed by atoms with Gasteiger partial charge in [-0.25, -0.2) is 0 Å².